The van der Waals surface area contributed by atoms with Gasteiger partial charge in [-0.25, -0.2) is 14.8 Å². The van der Waals surface area contributed by atoms with Gasteiger partial charge >= 0.3 is 18.4 Å². The van der Waals surface area contributed by atoms with Crippen LogP contribution in [0.4, 0.5) is 48.6 Å². The zero-order chi connectivity index (χ0) is 27.5. The minimum Gasteiger partial charge on any atom is -0.468 e. The molecule has 38 heavy (non-hydrogen) atoms. The van der Waals surface area contributed by atoms with Gasteiger partial charge in [0.1, 0.15) is 6.61 Å². The van der Waals surface area contributed by atoms with E-state index in [2.05, 4.69) is 29.3 Å². The van der Waals surface area contributed by atoms with E-state index in [1.807, 2.05) is 4.90 Å². The molecule has 0 radical (unpaired) electrons. The molecule has 10 nitrogen and oxygen atoms in total. The Bertz CT molecular complexity index is 1240. The van der Waals surface area contributed by atoms with Gasteiger partial charge in [0.2, 0.25) is 11.8 Å². The molecular weight excluding hydrogens is 542 g/mol. The van der Waals surface area contributed by atoms with Crippen molar-refractivity contribution in [2.75, 3.05) is 48.8 Å². The van der Waals surface area contributed by atoms with Crippen LogP contribution in [0.15, 0.2) is 30.5 Å². The maximum absolute atomic E-state index is 13.1. The van der Waals surface area contributed by atoms with E-state index in [-0.39, 0.29) is 44.7 Å². The van der Waals surface area contributed by atoms with Gasteiger partial charge in [-0.1, -0.05) is 0 Å². The number of anilines is 3. The van der Waals surface area contributed by atoms with Crippen molar-refractivity contribution in [2.24, 2.45) is 0 Å². The van der Waals surface area contributed by atoms with Crippen LogP contribution in [-0.2, 0) is 19.0 Å². The molecule has 0 saturated carbocycles. The van der Waals surface area contributed by atoms with Crippen molar-refractivity contribution in [3.63, 3.8) is 0 Å². The maximum Gasteiger partial charge on any atom is 0.416 e. The number of nitrogens with one attached hydrogen (secondary N) is 2. The number of hydrogen-bond donors (Lipinski definition) is 2. The molecule has 3 heterocycles. The third-order valence-electron chi connectivity index (χ3n) is 5.44. The van der Waals surface area contributed by atoms with Gasteiger partial charge in [-0.15, -0.1) is 4.37 Å². The van der Waals surface area contributed by atoms with Crippen LogP contribution in [0.3, 0.4) is 0 Å². The third-order valence-corrected chi connectivity index (χ3v) is 5.94. The molecule has 2 amide bonds. The van der Waals surface area contributed by atoms with Crippen LogP contribution in [-0.4, -0.2) is 62.9 Å². The first kappa shape index (κ1) is 27.2. The van der Waals surface area contributed by atoms with Crippen molar-refractivity contribution in [2.45, 2.75) is 19.0 Å². The summed E-state index contributed by atoms with van der Waals surface area (Å²) >= 11 is 0.930. The summed E-state index contributed by atoms with van der Waals surface area (Å²) in [5.74, 6) is 1.14. The summed E-state index contributed by atoms with van der Waals surface area (Å²) in [6.07, 6.45) is -8.46. The molecule has 0 bridgehead atoms. The number of alkyl halides is 6. The predicted octanol–water partition coefficient (Wildman–Crippen LogP) is 4.34. The molecule has 204 valence electrons. The van der Waals surface area contributed by atoms with Crippen molar-refractivity contribution >= 4 is 35.2 Å². The number of amides is 2. The molecule has 0 aliphatic carbocycles. The number of halogens is 6. The third kappa shape index (κ3) is 6.51. The molecule has 0 spiro atoms. The van der Waals surface area contributed by atoms with E-state index in [0.29, 0.717) is 29.6 Å². The number of piperazine rings is 1. The van der Waals surface area contributed by atoms with Crippen LogP contribution in [0.2, 0.25) is 0 Å². The number of carbonyl (C=O) groups excluding carboxylic acids is 1. The molecule has 1 aliphatic heterocycles. The Labute approximate surface area is 216 Å². The van der Waals surface area contributed by atoms with E-state index >= 15 is 0 Å². The molecule has 17 heteroatoms. The van der Waals surface area contributed by atoms with Crippen molar-refractivity contribution in [1.82, 2.24) is 23.6 Å². The highest BCUT2D eigenvalue weighted by atomic mass is 32.1. The molecule has 3 aromatic rings. The summed E-state index contributed by atoms with van der Waals surface area (Å²) in [6, 6.07) is 1.78. The fraction of sp³-hybridized carbons (Fsp3) is 0.381. The van der Waals surface area contributed by atoms with Crippen LogP contribution in [0.1, 0.15) is 16.8 Å². The highest BCUT2D eigenvalue weighted by molar-refractivity contribution is 6.99. The Kier molecular flexibility index (Phi) is 7.75. The van der Waals surface area contributed by atoms with Crippen molar-refractivity contribution < 1.29 is 35.9 Å². The Hall–Kier alpha value is -3.89. The lowest BCUT2D eigenvalue weighted by molar-refractivity contribution is -0.143. The molecule has 0 unspecified atom stereocenters. The number of urea groups is 1. The van der Waals surface area contributed by atoms with E-state index in [9.17, 15) is 31.1 Å². The van der Waals surface area contributed by atoms with Crippen molar-refractivity contribution in [3.05, 3.63) is 47.3 Å². The number of nitrogens with zero attached hydrogens (tertiary/aromatic N) is 6. The molecule has 2 N–H and O–H groups in total. The van der Waals surface area contributed by atoms with Crippen LogP contribution >= 0.6 is 11.7 Å². The summed E-state index contributed by atoms with van der Waals surface area (Å²) in [7, 11) is 1.68. The van der Waals surface area contributed by atoms with Gasteiger partial charge in [-0.2, -0.15) is 30.7 Å². The van der Waals surface area contributed by atoms with Crippen molar-refractivity contribution in [3.8, 4) is 5.88 Å². The van der Waals surface area contributed by atoms with Gasteiger partial charge in [0.05, 0.1) is 28.5 Å². The number of hydrogen-bond acceptors (Lipinski definition) is 9. The molecular formula is C21H20F6N8O2S. The molecule has 1 aromatic carbocycles. The van der Waals surface area contributed by atoms with Gasteiger partial charge in [0.15, 0.2) is 0 Å². The Morgan fingerprint density at radius 1 is 1.03 bits per heavy atom. The van der Waals surface area contributed by atoms with Gasteiger partial charge in [-0.05, 0) is 24.3 Å². The summed E-state index contributed by atoms with van der Waals surface area (Å²) in [6.45, 7) is 0.928. The standard InChI is InChI=1S/C21H20F6N8O2S/c1-28-18-29-3-2-14(30-18)11-37-17-16(32-38-33-17)34-4-6-35(7-5-34)19(36)31-15-9-12(20(22,23)24)8-13(10-15)21(25,26)27/h2-3,8-10H,4-7,11H2,1H3,(H,31,36)(H,28,29,30). The minimum atomic E-state index is -5.02. The van der Waals surface area contributed by atoms with E-state index in [1.54, 1.807) is 19.3 Å². The van der Waals surface area contributed by atoms with Crippen LogP contribution < -0.4 is 20.3 Å². The Morgan fingerprint density at radius 2 is 1.68 bits per heavy atom. The van der Waals surface area contributed by atoms with Crippen molar-refractivity contribution in [1.29, 1.82) is 0 Å². The van der Waals surface area contributed by atoms with Crippen LogP contribution in [0.25, 0.3) is 0 Å². The normalized spacial score (nSPS) is 14.4. The molecule has 4 rings (SSSR count). The summed E-state index contributed by atoms with van der Waals surface area (Å²) in [5, 5.41) is 4.97. The molecule has 1 saturated heterocycles. The molecule has 1 aliphatic rings. The first-order valence-corrected chi connectivity index (χ1v) is 11.7. The predicted molar refractivity (Wildman–Crippen MR) is 125 cm³/mol. The second-order valence-electron chi connectivity index (χ2n) is 8.00. The van der Waals surface area contributed by atoms with E-state index in [0.717, 1.165) is 11.7 Å². The largest absolute Gasteiger partial charge is 0.468 e. The lowest BCUT2D eigenvalue weighted by Gasteiger charge is -2.34. The number of benzene rings is 1. The van der Waals surface area contributed by atoms with E-state index in [1.165, 1.54) is 4.90 Å². The average molecular weight is 562 g/mol. The molecule has 1 fully saturated rings. The monoisotopic (exact) mass is 562 g/mol. The molecule has 0 atom stereocenters. The highest BCUT2D eigenvalue weighted by Crippen LogP contribution is 2.37. The zero-order valence-corrected chi connectivity index (χ0v) is 20.4. The first-order valence-electron chi connectivity index (χ1n) is 11.0. The number of ether oxygens (including phenoxy) is 1. The van der Waals surface area contributed by atoms with Crippen LogP contribution in [0, 0.1) is 0 Å². The molecule has 2 aromatic heterocycles. The van der Waals surface area contributed by atoms with Gasteiger partial charge < -0.3 is 25.2 Å². The van der Waals surface area contributed by atoms with E-state index < -0.39 is 35.2 Å². The first-order chi connectivity index (χ1) is 17.9. The highest BCUT2D eigenvalue weighted by Gasteiger charge is 2.37. The lowest BCUT2D eigenvalue weighted by atomic mass is 10.1. The SMILES string of the molecule is CNc1nccc(COc2nsnc2N2CCN(C(=O)Nc3cc(C(F)(F)F)cc(C(F)(F)F)c3)CC2)n1. The summed E-state index contributed by atoms with van der Waals surface area (Å²) in [5.41, 5.74) is -3.03. The maximum atomic E-state index is 13.1. The van der Waals surface area contributed by atoms with Crippen LogP contribution in [0.5, 0.6) is 5.88 Å². The number of rotatable bonds is 6. The summed E-state index contributed by atoms with van der Waals surface area (Å²) in [4.78, 5) is 24.0. The topological polar surface area (TPSA) is 108 Å². The number of carbonyl (C=O) groups is 1. The number of aromatic nitrogens is 4. The Balaban J connectivity index is 1.37. The summed E-state index contributed by atoms with van der Waals surface area (Å²) < 4.78 is 92.7. The fourth-order valence-corrected chi connectivity index (χ4v) is 4.07. The average Bonchev–Trinajstić information content (AvgIpc) is 3.35. The second kappa shape index (κ2) is 10.8. The van der Waals surface area contributed by atoms with Gasteiger partial charge in [-0.3, -0.25) is 0 Å². The smallest absolute Gasteiger partial charge is 0.416 e. The van der Waals surface area contributed by atoms with Gasteiger partial charge in [0.25, 0.3) is 5.88 Å². The zero-order valence-electron chi connectivity index (χ0n) is 19.6. The quantitative estimate of drug-likeness (QED) is 0.428. The Morgan fingerprint density at radius 3 is 2.29 bits per heavy atom. The van der Waals surface area contributed by atoms with E-state index in [4.69, 9.17) is 4.74 Å². The van der Waals surface area contributed by atoms with Gasteiger partial charge in [0, 0.05) is 45.1 Å². The second-order valence-corrected chi connectivity index (χ2v) is 8.53. The fourth-order valence-electron chi connectivity index (χ4n) is 3.55. The minimum absolute atomic E-state index is 0.000324. The lowest BCUT2D eigenvalue weighted by Crippen LogP contribution is -2.50.